The standard InChI is InChI=1S/C36H34Si.2CH3.Hf/c1-5-18-37(4,31-21-29-14-8-16-33(35(29)23-31)27-12-6-10-25(2)19-27)32-22-30-15-9-17-34(36(30)24-32)28-13-7-11-26(3)20-28;;;/h6-17,19-24H,5,18H2,1-4H3;2*1H3;/q-2;2*-1;+4. The Morgan fingerprint density at radius 3 is 1.43 bits per heavy atom. The van der Waals surface area contributed by atoms with E-state index < -0.39 is 8.07 Å². The maximum absolute atomic E-state index is 2.58. The molecule has 6 rings (SSSR count). The van der Waals surface area contributed by atoms with Crippen molar-refractivity contribution >= 4 is 40.0 Å². The summed E-state index contributed by atoms with van der Waals surface area (Å²) in [6.07, 6.45) is 1.20. The Morgan fingerprint density at radius 1 is 0.600 bits per heavy atom. The summed E-state index contributed by atoms with van der Waals surface area (Å²) in [6, 6.07) is 42.7. The fourth-order valence-corrected chi connectivity index (χ4v) is 9.98. The summed E-state index contributed by atoms with van der Waals surface area (Å²) in [5.41, 5.74) is 7.91. The van der Waals surface area contributed by atoms with Crippen LogP contribution < -0.4 is 10.4 Å². The molecular formula is C38H40HfSi. The van der Waals surface area contributed by atoms with Crippen LogP contribution in [0.25, 0.3) is 43.8 Å². The van der Waals surface area contributed by atoms with Crippen LogP contribution in [-0.2, 0) is 25.8 Å². The van der Waals surface area contributed by atoms with Crippen LogP contribution in [0.4, 0.5) is 0 Å². The van der Waals surface area contributed by atoms with Crippen molar-refractivity contribution < 1.29 is 25.8 Å². The normalized spacial score (nSPS) is 11.1. The third-order valence-corrected chi connectivity index (χ3v) is 12.8. The van der Waals surface area contributed by atoms with Crippen molar-refractivity contribution in [2.24, 2.45) is 0 Å². The summed E-state index contributed by atoms with van der Waals surface area (Å²) in [6.45, 7) is 9.28. The molecule has 0 aliphatic carbocycles. The van der Waals surface area contributed by atoms with E-state index in [2.05, 4.69) is 137 Å². The predicted molar refractivity (Wildman–Crippen MR) is 178 cm³/mol. The van der Waals surface area contributed by atoms with Crippen LogP contribution in [0.2, 0.25) is 12.6 Å². The van der Waals surface area contributed by atoms with Gasteiger partial charge in [0.15, 0.2) is 0 Å². The maximum atomic E-state index is 2.58. The van der Waals surface area contributed by atoms with Gasteiger partial charge in [0, 0.05) is 0 Å². The molecule has 0 radical (unpaired) electrons. The van der Waals surface area contributed by atoms with Gasteiger partial charge >= 0.3 is 25.8 Å². The topological polar surface area (TPSA) is 0 Å². The van der Waals surface area contributed by atoms with Crippen LogP contribution in [0.15, 0.2) is 109 Å². The molecule has 0 aliphatic heterocycles. The van der Waals surface area contributed by atoms with Gasteiger partial charge in [0.1, 0.15) is 0 Å². The minimum Gasteiger partial charge on any atom is -0.358 e. The Balaban J connectivity index is 0.00000147. The van der Waals surface area contributed by atoms with Crippen LogP contribution in [0.1, 0.15) is 24.5 Å². The fourth-order valence-electron chi connectivity index (χ4n) is 6.19. The number of rotatable bonds is 6. The summed E-state index contributed by atoms with van der Waals surface area (Å²) < 4.78 is 0. The number of aryl methyl sites for hydroxylation is 2. The predicted octanol–water partition coefficient (Wildman–Crippen LogP) is 9.88. The van der Waals surface area contributed by atoms with Crippen LogP contribution in [0.3, 0.4) is 0 Å². The van der Waals surface area contributed by atoms with Crippen molar-refractivity contribution in [3.63, 3.8) is 0 Å². The van der Waals surface area contributed by atoms with Crippen molar-refractivity contribution in [2.75, 3.05) is 0 Å². The minimum absolute atomic E-state index is 0. The largest absolute Gasteiger partial charge is 4.00 e. The van der Waals surface area contributed by atoms with E-state index in [1.807, 2.05) is 0 Å². The quantitative estimate of drug-likeness (QED) is 0.120. The summed E-state index contributed by atoms with van der Waals surface area (Å²) in [5.74, 6) is 0. The fraction of sp³-hybridized carbons (Fsp3) is 0.158. The summed E-state index contributed by atoms with van der Waals surface area (Å²) >= 11 is 0. The molecule has 0 bridgehead atoms. The molecule has 0 unspecified atom stereocenters. The van der Waals surface area contributed by atoms with E-state index >= 15 is 0 Å². The van der Waals surface area contributed by atoms with Gasteiger partial charge in [-0.3, -0.25) is 0 Å². The first-order valence-corrected chi connectivity index (χ1v) is 16.2. The number of benzene rings is 4. The molecule has 0 aromatic heterocycles. The van der Waals surface area contributed by atoms with Gasteiger partial charge in [0.2, 0.25) is 0 Å². The van der Waals surface area contributed by atoms with E-state index in [4.69, 9.17) is 0 Å². The van der Waals surface area contributed by atoms with E-state index in [9.17, 15) is 0 Å². The second-order valence-corrected chi connectivity index (χ2v) is 15.2. The van der Waals surface area contributed by atoms with Crippen LogP contribution in [0.5, 0.6) is 0 Å². The van der Waals surface area contributed by atoms with Gasteiger partial charge in [-0.1, -0.05) is 109 Å². The van der Waals surface area contributed by atoms with Crippen LogP contribution in [0, 0.1) is 28.7 Å². The summed E-state index contributed by atoms with van der Waals surface area (Å²) in [5, 5.41) is 8.60. The molecule has 6 aromatic rings. The van der Waals surface area contributed by atoms with Gasteiger partial charge in [-0.2, -0.15) is 12.1 Å². The van der Waals surface area contributed by atoms with Crippen molar-refractivity contribution in [3.8, 4) is 22.3 Å². The van der Waals surface area contributed by atoms with Crippen molar-refractivity contribution in [3.05, 3.63) is 135 Å². The molecule has 6 aromatic carbocycles. The smallest absolute Gasteiger partial charge is 0.358 e. The first-order valence-electron chi connectivity index (χ1n) is 13.5. The van der Waals surface area contributed by atoms with Gasteiger partial charge in [-0.05, 0) is 25.0 Å². The minimum atomic E-state index is -1.94. The van der Waals surface area contributed by atoms with E-state index in [1.165, 1.54) is 67.4 Å². The molecule has 0 N–H and O–H groups in total. The molecule has 0 saturated carbocycles. The Labute approximate surface area is 261 Å². The molecule has 0 fully saturated rings. The van der Waals surface area contributed by atoms with Gasteiger partial charge in [-0.25, -0.2) is 0 Å². The molecule has 0 amide bonds. The first-order chi connectivity index (χ1) is 18.0. The van der Waals surface area contributed by atoms with E-state index in [1.54, 1.807) is 10.4 Å². The Hall–Kier alpha value is -2.81. The Morgan fingerprint density at radius 2 is 1.02 bits per heavy atom. The molecule has 40 heavy (non-hydrogen) atoms. The molecule has 2 heteroatoms. The van der Waals surface area contributed by atoms with Gasteiger partial charge in [0.25, 0.3) is 0 Å². The molecule has 0 saturated heterocycles. The van der Waals surface area contributed by atoms with Crippen LogP contribution >= 0.6 is 0 Å². The monoisotopic (exact) mass is 704 g/mol. The number of hydrogen-bond donors (Lipinski definition) is 0. The van der Waals surface area contributed by atoms with E-state index in [-0.39, 0.29) is 40.7 Å². The molecule has 0 nitrogen and oxygen atoms in total. The maximum Gasteiger partial charge on any atom is 4.00 e. The van der Waals surface area contributed by atoms with E-state index in [0.29, 0.717) is 0 Å². The van der Waals surface area contributed by atoms with Crippen molar-refractivity contribution in [1.82, 2.24) is 0 Å². The molecular weight excluding hydrogens is 663 g/mol. The molecule has 200 valence electrons. The van der Waals surface area contributed by atoms with E-state index in [0.717, 1.165) is 0 Å². The second kappa shape index (κ2) is 12.8. The third kappa shape index (κ3) is 5.67. The Bertz CT molecular complexity index is 1610. The summed E-state index contributed by atoms with van der Waals surface area (Å²) in [7, 11) is -1.94. The first kappa shape index (κ1) is 31.7. The average molecular weight is 703 g/mol. The SMILES string of the molecule is CCC[Si](C)(c1cc2c(-c3cccc(C)c3)cccc2[cH-]1)c1cc2c(-c3cccc(C)c3)cccc2[cH-]1.[CH3-].[CH3-].[Hf+4]. The number of fused-ring (bicyclic) bond motifs is 2. The molecule has 0 atom stereocenters. The zero-order chi connectivity index (χ0) is 25.6. The third-order valence-electron chi connectivity index (χ3n) is 8.18. The zero-order valence-electron chi connectivity index (χ0n) is 24.8. The second-order valence-electron chi connectivity index (χ2n) is 10.9. The van der Waals surface area contributed by atoms with Crippen molar-refractivity contribution in [2.45, 2.75) is 39.8 Å². The molecule has 0 spiro atoms. The van der Waals surface area contributed by atoms with Gasteiger partial charge < -0.3 is 14.9 Å². The average Bonchev–Trinajstić information content (AvgIpc) is 3.54. The number of hydrogen-bond acceptors (Lipinski definition) is 0. The summed E-state index contributed by atoms with van der Waals surface area (Å²) in [4.78, 5) is 0. The van der Waals surface area contributed by atoms with Crippen molar-refractivity contribution in [1.29, 1.82) is 0 Å². The van der Waals surface area contributed by atoms with Gasteiger partial charge in [0.05, 0.1) is 8.07 Å². The zero-order valence-corrected chi connectivity index (χ0v) is 29.4. The van der Waals surface area contributed by atoms with Crippen LogP contribution in [-0.4, -0.2) is 8.07 Å². The Kier molecular flexibility index (Phi) is 10.1. The molecule has 0 heterocycles. The van der Waals surface area contributed by atoms with Gasteiger partial charge in [-0.15, -0.1) is 68.3 Å². The molecule has 0 aliphatic rings.